The third-order valence-corrected chi connectivity index (χ3v) is 19.5. The van der Waals surface area contributed by atoms with Gasteiger partial charge in [0.1, 0.15) is 11.9 Å². The van der Waals surface area contributed by atoms with E-state index in [2.05, 4.69) is 36.7 Å². The van der Waals surface area contributed by atoms with Crippen LogP contribution in [-0.2, 0) is 30.3 Å². The summed E-state index contributed by atoms with van der Waals surface area (Å²) in [5.74, 6) is -0.407. The van der Waals surface area contributed by atoms with Crippen LogP contribution in [0, 0.1) is 17.7 Å². The lowest BCUT2D eigenvalue weighted by Gasteiger charge is -2.52. The summed E-state index contributed by atoms with van der Waals surface area (Å²) >= 11 is 0. The number of likely N-dealkylation sites (tertiary alicyclic amines) is 2. The first-order chi connectivity index (χ1) is 39.8. The Morgan fingerprint density at radius 2 is 1.48 bits per heavy atom. The van der Waals surface area contributed by atoms with Crippen LogP contribution in [0.15, 0.2) is 71.5 Å². The van der Waals surface area contributed by atoms with E-state index in [0.29, 0.717) is 105 Å². The van der Waals surface area contributed by atoms with E-state index in [-0.39, 0.29) is 64.3 Å². The van der Waals surface area contributed by atoms with Crippen molar-refractivity contribution >= 4 is 40.3 Å². The largest absolute Gasteiger partial charge is 0.376 e. The molecule has 2 aliphatic carbocycles. The van der Waals surface area contributed by atoms with E-state index < -0.39 is 17.8 Å². The van der Waals surface area contributed by atoms with Gasteiger partial charge in [-0.25, -0.2) is 9.49 Å². The van der Waals surface area contributed by atoms with Gasteiger partial charge in [-0.05, 0) is 131 Å². The van der Waals surface area contributed by atoms with Gasteiger partial charge in [-0.1, -0.05) is 55.7 Å². The summed E-state index contributed by atoms with van der Waals surface area (Å²) in [7, 11) is 1.77. The Morgan fingerprint density at radius 3 is 2.21 bits per heavy atom. The summed E-state index contributed by atoms with van der Waals surface area (Å²) in [4.78, 5) is 93.8. The molecule has 82 heavy (non-hydrogen) atoms. The molecule has 0 spiro atoms. The van der Waals surface area contributed by atoms with Crippen molar-refractivity contribution in [3.8, 4) is 0 Å². The molecule has 8 aliphatic rings. The van der Waals surface area contributed by atoms with Gasteiger partial charge in [0.2, 0.25) is 17.7 Å². The first-order valence-corrected chi connectivity index (χ1v) is 30.5. The number of methoxy groups -OCH3 is 1. The van der Waals surface area contributed by atoms with Crippen molar-refractivity contribution < 1.29 is 37.8 Å². The molecule has 2 atom stereocenters. The van der Waals surface area contributed by atoms with Gasteiger partial charge in [-0.15, -0.1) is 0 Å². The van der Waals surface area contributed by atoms with Crippen molar-refractivity contribution in [3.05, 3.63) is 111 Å². The number of carbonyl (C=O) groups is 5. The lowest BCUT2D eigenvalue weighted by atomic mass is 9.73. The zero-order chi connectivity index (χ0) is 56.8. The summed E-state index contributed by atoms with van der Waals surface area (Å²) in [6.07, 6.45) is 13.0. The second-order valence-corrected chi connectivity index (χ2v) is 24.7. The number of aromatic nitrogens is 2. The molecule has 18 nitrogen and oxygen atoms in total. The molecular formula is C63H83FN10O8. The Labute approximate surface area is 480 Å². The number of benzene rings is 3. The predicted octanol–water partition coefficient (Wildman–Crippen LogP) is 5.20. The van der Waals surface area contributed by atoms with Crippen LogP contribution < -0.4 is 16.2 Å². The van der Waals surface area contributed by atoms with Crippen LogP contribution in [0.1, 0.15) is 127 Å². The molecule has 8 fully saturated rings. The van der Waals surface area contributed by atoms with Crippen LogP contribution in [0.2, 0.25) is 0 Å². The average molecular weight is 1130 g/mol. The maximum absolute atomic E-state index is 15.2. The summed E-state index contributed by atoms with van der Waals surface area (Å²) in [6, 6.07) is 18.9. The highest BCUT2D eigenvalue weighted by atomic mass is 19.1. The fourth-order valence-electron chi connectivity index (χ4n) is 14.2. The van der Waals surface area contributed by atoms with E-state index in [1.165, 1.54) is 6.07 Å². The number of hydrogen-bond acceptors (Lipinski definition) is 12. The van der Waals surface area contributed by atoms with Crippen molar-refractivity contribution in [2.75, 3.05) is 118 Å². The molecule has 6 saturated heterocycles. The van der Waals surface area contributed by atoms with Crippen LogP contribution in [0.4, 0.5) is 4.39 Å². The molecule has 2 bridgehead atoms. The van der Waals surface area contributed by atoms with Crippen LogP contribution in [0.25, 0.3) is 10.8 Å². The molecule has 2 saturated carbocycles. The molecule has 4 aromatic rings. The van der Waals surface area contributed by atoms with Crippen molar-refractivity contribution in [3.63, 3.8) is 0 Å². The summed E-state index contributed by atoms with van der Waals surface area (Å²) in [5, 5.41) is 14.7. The van der Waals surface area contributed by atoms with Crippen LogP contribution in [0.3, 0.4) is 0 Å². The van der Waals surface area contributed by atoms with Crippen LogP contribution >= 0.6 is 0 Å². The molecule has 3 aromatic carbocycles. The van der Waals surface area contributed by atoms with Gasteiger partial charge in [-0.2, -0.15) is 5.10 Å². The van der Waals surface area contributed by atoms with E-state index in [0.717, 1.165) is 128 Å². The number of rotatable bonds is 17. The molecule has 7 heterocycles. The molecule has 0 radical (unpaired) electrons. The maximum atomic E-state index is 15.2. The number of ether oxygens (including phenoxy) is 2. The molecule has 3 N–H and O–H groups in total. The number of halogens is 1. The van der Waals surface area contributed by atoms with Crippen molar-refractivity contribution in [1.29, 1.82) is 0 Å². The number of hydrogen-bond donors (Lipinski definition) is 3. The zero-order valence-corrected chi connectivity index (χ0v) is 47.9. The number of amides is 5. The van der Waals surface area contributed by atoms with Gasteiger partial charge < -0.3 is 39.7 Å². The minimum Gasteiger partial charge on any atom is -0.376 e. The lowest BCUT2D eigenvalue weighted by molar-refractivity contribution is -0.224. The zero-order valence-electron chi connectivity index (χ0n) is 47.9. The number of fused-ring (bicyclic) bond motifs is 4. The van der Waals surface area contributed by atoms with E-state index in [9.17, 15) is 28.8 Å². The maximum Gasteiger partial charge on any atom is 0.272 e. The van der Waals surface area contributed by atoms with Gasteiger partial charge in [-0.3, -0.25) is 38.6 Å². The Balaban J connectivity index is 0.605. The van der Waals surface area contributed by atoms with Gasteiger partial charge >= 0.3 is 0 Å². The number of piperazine rings is 2. The quantitative estimate of drug-likeness (QED) is 0.126. The molecule has 5 amide bonds. The number of carbonyl (C=O) groups excluding carboxylic acids is 5. The van der Waals surface area contributed by atoms with Gasteiger partial charge in [0.15, 0.2) is 0 Å². The molecule has 12 rings (SSSR count). The predicted molar refractivity (Wildman–Crippen MR) is 309 cm³/mol. The summed E-state index contributed by atoms with van der Waals surface area (Å²) in [6.45, 7) is 9.94. The highest BCUT2D eigenvalue weighted by molar-refractivity contribution is 5.98. The number of nitrogens with zero attached hydrogens (tertiary/aromatic N) is 7. The second kappa shape index (κ2) is 25.8. The minimum absolute atomic E-state index is 0.0181. The van der Waals surface area contributed by atoms with Gasteiger partial charge in [0, 0.05) is 109 Å². The third kappa shape index (κ3) is 13.3. The third-order valence-electron chi connectivity index (χ3n) is 19.5. The highest BCUT2D eigenvalue weighted by Crippen LogP contribution is 2.45. The van der Waals surface area contributed by atoms with Crippen LogP contribution in [0.5, 0.6) is 0 Å². The molecule has 1 aromatic heterocycles. The topological polar surface area (TPSA) is 193 Å². The second-order valence-electron chi connectivity index (χ2n) is 24.7. The highest BCUT2D eigenvalue weighted by Gasteiger charge is 2.50. The fourth-order valence-corrected chi connectivity index (χ4v) is 14.2. The fraction of sp³-hybridized carbons (Fsp3) is 0.603. The lowest BCUT2D eigenvalue weighted by Crippen LogP contribution is -2.59. The first kappa shape index (κ1) is 57.7. The Bertz CT molecular complexity index is 2970. The molecule has 1 unspecified atom stereocenters. The number of piperidine rings is 2. The normalized spacial score (nSPS) is 24.6. The SMILES string of the molecule is COC12CCC(CNCC(=O)N3CCCC(c4cccc(C(=O)N[C@@H](C(=O)N5CCN(CC6CCN(CC(=O)N7CCN(C(=O)c8cc(Cc9n[nH]c(=O)c%10ccccc9%10)ccc8F)CC7)CC6)CC5)C5CCCCC5)c4)C3)(CC1)OC2. The van der Waals surface area contributed by atoms with Crippen molar-refractivity contribution in [2.24, 2.45) is 11.8 Å². The summed E-state index contributed by atoms with van der Waals surface area (Å²) in [5.41, 5.74) is 2.24. The van der Waals surface area contributed by atoms with Crippen LogP contribution in [-0.4, -0.2) is 205 Å². The number of nitrogens with one attached hydrogen (secondary N) is 3. The van der Waals surface area contributed by atoms with Crippen molar-refractivity contribution in [1.82, 2.24) is 50.2 Å². The monoisotopic (exact) mass is 1130 g/mol. The smallest absolute Gasteiger partial charge is 0.272 e. The number of H-pyrrole nitrogens is 1. The molecule has 6 aliphatic heterocycles. The molecular weight excluding hydrogens is 1040 g/mol. The van der Waals surface area contributed by atoms with E-state index >= 15 is 4.39 Å². The number of aromatic amines is 1. The van der Waals surface area contributed by atoms with Gasteiger partial charge in [0.05, 0.1) is 47.5 Å². The standard InChI is InChI=1S/C63H83FN10O8/c1-81-63-22-20-62(21-23-63,82-43-63)42-65-38-55(75)74-24-8-13-49(40-74)47-11-7-12-48(37-47)58(77)66-57(46-9-3-2-4-10-46)61(80)73-29-27-70(28-30-73)39-44-18-25-69(26-19-44)41-56(76)71-31-33-72(34-32-71)60(79)52-35-45(16-17-53(52)64)36-54-50-14-5-6-15-51(50)59(78)68-67-54/h5-7,11-12,14-17,35,37,44,46,49,57,65H,2-4,8-10,13,18-34,36,38-43H2,1H3,(H,66,77)(H,68,78)/t49?,57-,62?,63?/m1/s1. The average Bonchev–Trinajstić information content (AvgIpc) is 3.57. The van der Waals surface area contributed by atoms with E-state index in [4.69, 9.17) is 9.47 Å². The van der Waals surface area contributed by atoms with Crippen molar-refractivity contribution in [2.45, 2.75) is 113 Å². The first-order valence-electron chi connectivity index (χ1n) is 30.5. The van der Waals surface area contributed by atoms with E-state index in [1.54, 1.807) is 36.3 Å². The summed E-state index contributed by atoms with van der Waals surface area (Å²) < 4.78 is 27.2. The molecule has 440 valence electrons. The van der Waals surface area contributed by atoms with E-state index in [1.807, 2.05) is 45.0 Å². The Morgan fingerprint density at radius 1 is 0.744 bits per heavy atom. The Kier molecular flexibility index (Phi) is 18.1. The Hall–Kier alpha value is -6.12. The van der Waals surface area contributed by atoms with Gasteiger partial charge in [0.25, 0.3) is 17.4 Å². The minimum atomic E-state index is -0.607. The molecule has 19 heteroatoms.